The highest BCUT2D eigenvalue weighted by Gasteiger charge is 2.39. The zero-order valence-electron chi connectivity index (χ0n) is 9.45. The second-order valence-corrected chi connectivity index (χ2v) is 5.57. The number of carbonyl (C=O) groups is 1. The van der Waals surface area contributed by atoms with Gasteiger partial charge in [0.15, 0.2) is 0 Å². The SMILES string of the molecule is CCN(CCC#N)C(=O)C1(C)CCCS1. The van der Waals surface area contributed by atoms with Crippen LogP contribution >= 0.6 is 11.8 Å². The molecule has 1 aliphatic rings. The van der Waals surface area contributed by atoms with E-state index in [4.69, 9.17) is 5.26 Å². The predicted octanol–water partition coefficient (Wildman–Crippen LogP) is 2.03. The van der Waals surface area contributed by atoms with E-state index in [9.17, 15) is 4.79 Å². The van der Waals surface area contributed by atoms with Crippen molar-refractivity contribution in [1.82, 2.24) is 4.90 Å². The smallest absolute Gasteiger partial charge is 0.238 e. The lowest BCUT2D eigenvalue weighted by Crippen LogP contribution is -2.44. The molecule has 0 spiro atoms. The molecule has 15 heavy (non-hydrogen) atoms. The second-order valence-electron chi connectivity index (χ2n) is 3.98. The lowest BCUT2D eigenvalue weighted by atomic mass is 10.0. The topological polar surface area (TPSA) is 44.1 Å². The summed E-state index contributed by atoms with van der Waals surface area (Å²) < 4.78 is -0.231. The average Bonchev–Trinajstić information content (AvgIpc) is 2.67. The van der Waals surface area contributed by atoms with E-state index in [1.165, 1.54) is 0 Å². The van der Waals surface area contributed by atoms with Gasteiger partial charge in [0, 0.05) is 13.1 Å². The fourth-order valence-corrected chi connectivity index (χ4v) is 3.15. The summed E-state index contributed by atoms with van der Waals surface area (Å²) in [4.78, 5) is 14.0. The normalized spacial score (nSPS) is 24.9. The third-order valence-electron chi connectivity index (χ3n) is 2.83. The minimum atomic E-state index is -0.231. The molecule has 0 bridgehead atoms. The van der Waals surface area contributed by atoms with Crippen molar-refractivity contribution < 1.29 is 4.79 Å². The van der Waals surface area contributed by atoms with Crippen LogP contribution in [0.15, 0.2) is 0 Å². The van der Waals surface area contributed by atoms with Crippen LogP contribution in [0.2, 0.25) is 0 Å². The first-order chi connectivity index (χ1) is 7.14. The van der Waals surface area contributed by atoms with E-state index in [0.29, 0.717) is 19.5 Å². The minimum absolute atomic E-state index is 0.211. The van der Waals surface area contributed by atoms with Crippen LogP contribution in [0.4, 0.5) is 0 Å². The maximum atomic E-state index is 12.2. The Morgan fingerprint density at radius 2 is 2.40 bits per heavy atom. The van der Waals surface area contributed by atoms with Crippen LogP contribution in [0, 0.1) is 11.3 Å². The molecule has 1 heterocycles. The molecule has 84 valence electrons. The van der Waals surface area contributed by atoms with Gasteiger partial charge in [-0.1, -0.05) is 0 Å². The molecule has 1 atom stereocenters. The predicted molar refractivity (Wildman–Crippen MR) is 62.6 cm³/mol. The lowest BCUT2D eigenvalue weighted by molar-refractivity contribution is -0.133. The Morgan fingerprint density at radius 3 is 2.87 bits per heavy atom. The number of hydrogen-bond acceptors (Lipinski definition) is 3. The highest BCUT2D eigenvalue weighted by atomic mass is 32.2. The minimum Gasteiger partial charge on any atom is -0.341 e. The van der Waals surface area contributed by atoms with Gasteiger partial charge in [-0.05, 0) is 32.4 Å². The van der Waals surface area contributed by atoms with Crippen LogP contribution in [0.25, 0.3) is 0 Å². The number of nitriles is 1. The van der Waals surface area contributed by atoms with E-state index in [1.807, 2.05) is 18.7 Å². The first-order valence-corrected chi connectivity index (χ1v) is 6.43. The summed E-state index contributed by atoms with van der Waals surface area (Å²) in [6, 6.07) is 2.09. The molecule has 4 heteroatoms. The van der Waals surface area contributed by atoms with Crippen LogP contribution in [-0.2, 0) is 4.79 Å². The van der Waals surface area contributed by atoms with E-state index in [-0.39, 0.29) is 10.7 Å². The molecule has 0 aromatic rings. The summed E-state index contributed by atoms with van der Waals surface area (Å²) in [6.07, 6.45) is 2.53. The van der Waals surface area contributed by atoms with Crippen LogP contribution in [0.1, 0.15) is 33.1 Å². The first-order valence-electron chi connectivity index (χ1n) is 5.44. The summed E-state index contributed by atoms with van der Waals surface area (Å²) in [5.74, 6) is 1.29. The maximum absolute atomic E-state index is 12.2. The molecule has 0 aromatic heterocycles. The molecule has 1 saturated heterocycles. The number of thioether (sulfide) groups is 1. The Balaban J connectivity index is 2.60. The molecule has 0 aromatic carbocycles. The molecule has 0 radical (unpaired) electrons. The molecule has 0 aliphatic carbocycles. The number of amides is 1. The van der Waals surface area contributed by atoms with Gasteiger partial charge in [-0.25, -0.2) is 0 Å². The second kappa shape index (κ2) is 5.41. The fourth-order valence-electron chi connectivity index (χ4n) is 1.87. The van der Waals surface area contributed by atoms with E-state index in [0.717, 1.165) is 18.6 Å². The highest BCUT2D eigenvalue weighted by molar-refractivity contribution is 8.01. The fraction of sp³-hybridized carbons (Fsp3) is 0.818. The van der Waals surface area contributed by atoms with Crippen LogP contribution in [0.3, 0.4) is 0 Å². The maximum Gasteiger partial charge on any atom is 0.238 e. The third kappa shape index (κ3) is 2.88. The van der Waals surface area contributed by atoms with Crippen molar-refractivity contribution in [2.24, 2.45) is 0 Å². The van der Waals surface area contributed by atoms with Gasteiger partial charge in [0.25, 0.3) is 0 Å². The number of nitrogens with zero attached hydrogens (tertiary/aromatic N) is 2. The van der Waals surface area contributed by atoms with Gasteiger partial charge >= 0.3 is 0 Å². The van der Waals surface area contributed by atoms with Gasteiger partial charge in [-0.2, -0.15) is 5.26 Å². The Kier molecular flexibility index (Phi) is 4.46. The van der Waals surface area contributed by atoms with Crippen molar-refractivity contribution in [1.29, 1.82) is 5.26 Å². The Hall–Kier alpha value is -0.690. The lowest BCUT2D eigenvalue weighted by Gasteiger charge is -2.29. The Morgan fingerprint density at radius 1 is 1.67 bits per heavy atom. The molecule has 0 N–H and O–H groups in total. The van der Waals surface area contributed by atoms with Gasteiger partial charge in [0.2, 0.25) is 5.91 Å². The monoisotopic (exact) mass is 226 g/mol. The average molecular weight is 226 g/mol. The number of carbonyl (C=O) groups excluding carboxylic acids is 1. The van der Waals surface area contributed by atoms with Crippen molar-refractivity contribution in [3.8, 4) is 6.07 Å². The van der Waals surface area contributed by atoms with Crippen molar-refractivity contribution >= 4 is 17.7 Å². The number of rotatable bonds is 4. The van der Waals surface area contributed by atoms with Crippen molar-refractivity contribution in [2.75, 3.05) is 18.8 Å². The molecule has 1 amide bonds. The molecule has 1 aliphatic heterocycles. The van der Waals surface area contributed by atoms with Gasteiger partial charge < -0.3 is 4.90 Å². The molecule has 1 rings (SSSR count). The summed E-state index contributed by atoms with van der Waals surface area (Å²) >= 11 is 1.76. The Bertz CT molecular complexity index is 266. The summed E-state index contributed by atoms with van der Waals surface area (Å²) in [6.45, 7) is 5.28. The van der Waals surface area contributed by atoms with E-state index >= 15 is 0 Å². The zero-order valence-corrected chi connectivity index (χ0v) is 10.3. The van der Waals surface area contributed by atoms with E-state index in [1.54, 1.807) is 11.8 Å². The molecular weight excluding hydrogens is 208 g/mol. The summed E-state index contributed by atoms with van der Waals surface area (Å²) in [7, 11) is 0. The highest BCUT2D eigenvalue weighted by Crippen LogP contribution is 2.39. The van der Waals surface area contributed by atoms with Gasteiger partial charge in [-0.3, -0.25) is 4.79 Å². The van der Waals surface area contributed by atoms with Crippen LogP contribution < -0.4 is 0 Å². The molecular formula is C11H18N2OS. The summed E-state index contributed by atoms with van der Waals surface area (Å²) in [5.41, 5.74) is 0. The van der Waals surface area contributed by atoms with Gasteiger partial charge in [0.1, 0.15) is 0 Å². The summed E-state index contributed by atoms with van der Waals surface area (Å²) in [5, 5.41) is 8.53. The van der Waals surface area contributed by atoms with E-state index in [2.05, 4.69) is 6.07 Å². The van der Waals surface area contributed by atoms with Crippen LogP contribution in [-0.4, -0.2) is 34.4 Å². The molecule has 1 fully saturated rings. The van der Waals surface area contributed by atoms with Gasteiger partial charge in [0.05, 0.1) is 17.2 Å². The molecule has 1 unspecified atom stereocenters. The van der Waals surface area contributed by atoms with E-state index < -0.39 is 0 Å². The third-order valence-corrected chi connectivity index (χ3v) is 4.34. The van der Waals surface area contributed by atoms with Crippen molar-refractivity contribution in [3.63, 3.8) is 0 Å². The standard InChI is InChI=1S/C11H18N2OS/c1-3-13(8-5-7-12)10(14)11(2)6-4-9-15-11/h3-6,8-9H2,1-2H3. The largest absolute Gasteiger partial charge is 0.341 e. The Labute approximate surface area is 95.8 Å². The molecule has 0 saturated carbocycles. The quantitative estimate of drug-likeness (QED) is 0.736. The van der Waals surface area contributed by atoms with Crippen LogP contribution in [0.5, 0.6) is 0 Å². The van der Waals surface area contributed by atoms with Gasteiger partial charge in [-0.15, -0.1) is 11.8 Å². The van der Waals surface area contributed by atoms with Crippen molar-refractivity contribution in [3.05, 3.63) is 0 Å². The number of hydrogen-bond donors (Lipinski definition) is 0. The first kappa shape index (κ1) is 12.4. The van der Waals surface area contributed by atoms with Crippen molar-refractivity contribution in [2.45, 2.75) is 37.9 Å². The molecule has 3 nitrogen and oxygen atoms in total. The zero-order chi connectivity index (χ0) is 11.3.